The molecule has 0 fully saturated rings. The summed E-state index contributed by atoms with van der Waals surface area (Å²) in [6.07, 6.45) is 3.66. The Hall–Kier alpha value is -9.12. The lowest BCUT2D eigenvalue weighted by atomic mass is 9.96. The Kier molecular flexibility index (Phi) is 8.55. The van der Waals surface area contributed by atoms with Crippen molar-refractivity contribution < 1.29 is 0 Å². The van der Waals surface area contributed by atoms with Crippen LogP contribution in [0.3, 0.4) is 0 Å². The number of nitrogens with zero attached hydrogens (tertiary/aromatic N) is 4. The summed E-state index contributed by atoms with van der Waals surface area (Å²) in [7, 11) is 0. The molecule has 0 saturated carbocycles. The molecule has 0 bridgehead atoms. The summed E-state index contributed by atoms with van der Waals surface area (Å²) in [4.78, 5) is 10.2. The van der Waals surface area contributed by atoms with Crippen molar-refractivity contribution >= 4 is 76.2 Å². The topological polar surface area (TPSA) is 35.6 Å². The first-order valence-electron chi connectivity index (χ1n) is 23.2. The molecular formula is C64H40N4. The molecular weight excluding hydrogens is 825 g/mol. The van der Waals surface area contributed by atoms with Crippen LogP contribution in [0.1, 0.15) is 0 Å². The highest BCUT2D eigenvalue weighted by Crippen LogP contribution is 2.44. The van der Waals surface area contributed by atoms with Crippen LogP contribution < -0.4 is 0 Å². The highest BCUT2D eigenvalue weighted by molar-refractivity contribution is 6.30. The normalized spacial score (nSPS) is 11.8. The molecule has 0 aliphatic rings. The number of para-hydroxylation sites is 2. The maximum absolute atomic E-state index is 5.11. The van der Waals surface area contributed by atoms with E-state index in [9.17, 15) is 0 Å². The number of benzene rings is 11. The van der Waals surface area contributed by atoms with E-state index < -0.39 is 0 Å². The Morgan fingerprint density at radius 3 is 1.01 bits per heavy atom. The average molecular weight is 865 g/mol. The minimum absolute atomic E-state index is 0.891. The molecule has 3 aromatic heterocycles. The van der Waals surface area contributed by atoms with Crippen molar-refractivity contribution in [3.8, 4) is 55.9 Å². The fraction of sp³-hybridized carbons (Fsp3) is 0. The van der Waals surface area contributed by atoms with Gasteiger partial charge in [-0.1, -0.05) is 158 Å². The zero-order chi connectivity index (χ0) is 44.7. The van der Waals surface area contributed by atoms with Gasteiger partial charge in [-0.3, -0.25) is 9.97 Å². The van der Waals surface area contributed by atoms with Crippen LogP contribution in [-0.4, -0.2) is 19.1 Å². The van der Waals surface area contributed by atoms with Gasteiger partial charge in [0, 0.05) is 56.1 Å². The molecule has 0 aliphatic carbocycles. The van der Waals surface area contributed by atoms with Crippen molar-refractivity contribution in [2.75, 3.05) is 0 Å². The van der Waals surface area contributed by atoms with Crippen LogP contribution in [0, 0.1) is 0 Å². The quantitative estimate of drug-likeness (QED) is 0.156. The van der Waals surface area contributed by atoms with E-state index in [-0.39, 0.29) is 0 Å². The first-order chi connectivity index (χ1) is 33.7. The van der Waals surface area contributed by atoms with Crippen LogP contribution in [-0.2, 0) is 0 Å². The summed E-state index contributed by atoms with van der Waals surface area (Å²) >= 11 is 0. The Morgan fingerprint density at radius 1 is 0.221 bits per heavy atom. The summed E-state index contributed by atoms with van der Waals surface area (Å²) < 4.78 is 4.84. The molecule has 0 unspecified atom stereocenters. The fourth-order valence-corrected chi connectivity index (χ4v) is 10.8. The Morgan fingerprint density at radius 2 is 0.574 bits per heavy atom. The highest BCUT2D eigenvalue weighted by atomic mass is 15.0. The number of hydrogen-bond donors (Lipinski definition) is 0. The van der Waals surface area contributed by atoms with Crippen LogP contribution in [0.25, 0.3) is 132 Å². The predicted octanol–water partition coefficient (Wildman–Crippen LogP) is 16.8. The van der Waals surface area contributed by atoms with Crippen molar-refractivity contribution in [3.05, 3.63) is 243 Å². The summed E-state index contributed by atoms with van der Waals surface area (Å²) in [5, 5.41) is 9.30. The molecule has 4 heteroatoms. The highest BCUT2D eigenvalue weighted by Gasteiger charge is 2.21. The van der Waals surface area contributed by atoms with Crippen molar-refractivity contribution in [1.82, 2.24) is 19.1 Å². The second-order valence-electron chi connectivity index (χ2n) is 17.8. The first kappa shape index (κ1) is 38.2. The second kappa shape index (κ2) is 15.2. The third-order valence-electron chi connectivity index (χ3n) is 13.9. The van der Waals surface area contributed by atoms with Gasteiger partial charge in [0.15, 0.2) is 0 Å². The van der Waals surface area contributed by atoms with E-state index in [1.165, 1.54) is 66.1 Å². The summed E-state index contributed by atoms with van der Waals surface area (Å²) in [6, 6.07) is 83.9. The molecule has 0 saturated heterocycles. The van der Waals surface area contributed by atoms with Gasteiger partial charge in [-0.05, 0) is 128 Å². The number of fused-ring (bicyclic) bond motifs is 12. The van der Waals surface area contributed by atoms with Gasteiger partial charge in [0.25, 0.3) is 0 Å². The third kappa shape index (κ3) is 6.01. The number of hydrogen-bond acceptors (Lipinski definition) is 2. The Labute approximate surface area is 392 Å². The molecule has 68 heavy (non-hydrogen) atoms. The Balaban J connectivity index is 0.977. The van der Waals surface area contributed by atoms with E-state index in [1.54, 1.807) is 0 Å². The zero-order valence-electron chi connectivity index (χ0n) is 36.9. The third-order valence-corrected chi connectivity index (χ3v) is 13.9. The zero-order valence-corrected chi connectivity index (χ0v) is 36.9. The maximum atomic E-state index is 5.11. The SMILES string of the molecule is c1ccc(-c2cccc(-c3cccc(-n4c5ccccc5c5cc6c7cc8c9ccccc9n(-c9cccc(-c%10cccc(-c%11ccccc%11)c%10)c9)c8cc7c7nccnc7c6cc54)c3)c2)cc1. The van der Waals surface area contributed by atoms with E-state index in [2.05, 4.69) is 240 Å². The molecule has 0 radical (unpaired) electrons. The molecule has 11 aromatic carbocycles. The predicted molar refractivity (Wildman–Crippen MR) is 285 cm³/mol. The molecule has 0 atom stereocenters. The monoisotopic (exact) mass is 864 g/mol. The van der Waals surface area contributed by atoms with Crippen LogP contribution >= 0.6 is 0 Å². The summed E-state index contributed by atoms with van der Waals surface area (Å²) in [6.45, 7) is 0. The molecule has 316 valence electrons. The maximum Gasteiger partial charge on any atom is 0.0972 e. The van der Waals surface area contributed by atoms with Gasteiger partial charge in [0.05, 0.1) is 33.1 Å². The molecule has 0 amide bonds. The van der Waals surface area contributed by atoms with Crippen molar-refractivity contribution in [1.29, 1.82) is 0 Å². The Bertz CT molecular complexity index is 4040. The molecule has 0 spiro atoms. The van der Waals surface area contributed by atoms with E-state index in [0.717, 1.165) is 66.0 Å². The lowest BCUT2D eigenvalue weighted by Gasteiger charge is -2.14. The molecule has 14 rings (SSSR count). The molecule has 14 aromatic rings. The summed E-state index contributed by atoms with van der Waals surface area (Å²) in [5.74, 6) is 0. The van der Waals surface area contributed by atoms with E-state index in [4.69, 9.17) is 9.97 Å². The largest absolute Gasteiger partial charge is 0.309 e. The van der Waals surface area contributed by atoms with E-state index >= 15 is 0 Å². The van der Waals surface area contributed by atoms with Gasteiger partial charge in [-0.2, -0.15) is 0 Å². The fourth-order valence-electron chi connectivity index (χ4n) is 10.8. The minimum atomic E-state index is 0.891. The average Bonchev–Trinajstić information content (AvgIpc) is 3.92. The molecule has 0 aliphatic heterocycles. The summed E-state index contributed by atoms with van der Waals surface area (Å²) in [5.41, 5.74) is 18.1. The van der Waals surface area contributed by atoms with E-state index in [0.29, 0.717) is 0 Å². The van der Waals surface area contributed by atoms with Crippen molar-refractivity contribution in [3.63, 3.8) is 0 Å². The van der Waals surface area contributed by atoms with Gasteiger partial charge in [-0.25, -0.2) is 0 Å². The minimum Gasteiger partial charge on any atom is -0.309 e. The smallest absolute Gasteiger partial charge is 0.0972 e. The second-order valence-corrected chi connectivity index (χ2v) is 17.8. The molecule has 0 N–H and O–H groups in total. The standard InChI is InChI=1S/C64H40N4/c1-3-15-41(16-4-1)43-19-11-21-45(33-43)47-23-13-25-49(35-47)67-59-29-9-7-27-51(59)55-37-53-54-38-56-52-28-8-10-30-60(52)68(62(56)40-58(54)64-63(65-31-32-66-64)57(53)39-61(55)67)50-26-14-24-48(36-50)46-22-12-20-44(34-46)42-17-5-2-6-18-42/h1-40H. The van der Waals surface area contributed by atoms with Gasteiger partial charge in [-0.15, -0.1) is 0 Å². The van der Waals surface area contributed by atoms with Gasteiger partial charge in [0.1, 0.15) is 0 Å². The molecule has 4 nitrogen and oxygen atoms in total. The first-order valence-corrected chi connectivity index (χ1v) is 23.2. The number of rotatable bonds is 6. The van der Waals surface area contributed by atoms with Crippen molar-refractivity contribution in [2.24, 2.45) is 0 Å². The number of aromatic nitrogens is 4. The van der Waals surface area contributed by atoms with Gasteiger partial charge < -0.3 is 9.13 Å². The lowest BCUT2D eigenvalue weighted by Crippen LogP contribution is -1.96. The molecule has 3 heterocycles. The lowest BCUT2D eigenvalue weighted by molar-refractivity contribution is 1.18. The van der Waals surface area contributed by atoms with Crippen LogP contribution in [0.2, 0.25) is 0 Å². The van der Waals surface area contributed by atoms with Crippen LogP contribution in [0.4, 0.5) is 0 Å². The van der Waals surface area contributed by atoms with Gasteiger partial charge >= 0.3 is 0 Å². The van der Waals surface area contributed by atoms with Crippen LogP contribution in [0.5, 0.6) is 0 Å². The van der Waals surface area contributed by atoms with Crippen molar-refractivity contribution in [2.45, 2.75) is 0 Å². The van der Waals surface area contributed by atoms with Crippen LogP contribution in [0.15, 0.2) is 243 Å². The van der Waals surface area contributed by atoms with E-state index in [1.807, 2.05) is 12.4 Å². The van der Waals surface area contributed by atoms with Gasteiger partial charge in [0.2, 0.25) is 0 Å².